The molecule has 1 atom stereocenters. The van der Waals surface area contributed by atoms with E-state index in [1.807, 2.05) is 25.1 Å². The lowest BCUT2D eigenvalue weighted by molar-refractivity contribution is -0.136. The summed E-state index contributed by atoms with van der Waals surface area (Å²) < 4.78 is 81.9. The Labute approximate surface area is 249 Å². The van der Waals surface area contributed by atoms with E-state index in [9.17, 15) is 17.6 Å². The molecule has 0 fully saturated rings. The number of aromatic nitrogens is 3. The van der Waals surface area contributed by atoms with Crippen molar-refractivity contribution in [2.45, 2.75) is 36.5 Å². The maximum Gasteiger partial charge on any atom is 0.303 e. The van der Waals surface area contributed by atoms with Crippen LogP contribution < -0.4 is 9.47 Å². The van der Waals surface area contributed by atoms with Crippen molar-refractivity contribution in [3.05, 3.63) is 89.1 Å². The number of H-pyrrole nitrogens is 2. The summed E-state index contributed by atoms with van der Waals surface area (Å²) in [6.45, 7) is 2.32. The molecular formula is C31H26F3N3O6S. The molecule has 3 N–H and O–H groups in total. The lowest BCUT2D eigenvalue weighted by Gasteiger charge is -2.35. The normalized spacial score (nSPS) is 16.5. The summed E-state index contributed by atoms with van der Waals surface area (Å²) >= 11 is 0. The minimum atomic E-state index is -4.09. The van der Waals surface area contributed by atoms with Crippen molar-refractivity contribution in [1.82, 2.24) is 15.0 Å². The van der Waals surface area contributed by atoms with Gasteiger partial charge in [0.15, 0.2) is 21.4 Å². The fourth-order valence-electron chi connectivity index (χ4n) is 5.63. The Morgan fingerprint density at radius 1 is 1.14 bits per heavy atom. The SMILES string of the molecule is C[C@]1(c2c[nH]c(-c3cc(Oc4c(F)c(F)c5[nH]ccc5c4S(C)(=O)=O)ccc3F)n2)CCOc2c(CCC(=O)O)cccc21. The van der Waals surface area contributed by atoms with Crippen molar-refractivity contribution in [3.8, 4) is 28.6 Å². The summed E-state index contributed by atoms with van der Waals surface area (Å²) in [7, 11) is -4.09. The fourth-order valence-corrected chi connectivity index (χ4v) is 6.66. The van der Waals surface area contributed by atoms with Gasteiger partial charge >= 0.3 is 5.97 Å². The Morgan fingerprint density at radius 3 is 2.68 bits per heavy atom. The van der Waals surface area contributed by atoms with Gasteiger partial charge in [0.05, 0.1) is 23.4 Å². The number of fused-ring (bicyclic) bond motifs is 2. The van der Waals surface area contributed by atoms with Crippen molar-refractivity contribution in [2.75, 3.05) is 12.9 Å². The van der Waals surface area contributed by atoms with Gasteiger partial charge in [-0.15, -0.1) is 0 Å². The second kappa shape index (κ2) is 10.7. The lowest BCUT2D eigenvalue weighted by Crippen LogP contribution is -2.32. The van der Waals surface area contributed by atoms with Gasteiger partial charge in [0, 0.05) is 41.4 Å². The Morgan fingerprint density at radius 2 is 1.93 bits per heavy atom. The second-order valence-corrected chi connectivity index (χ2v) is 12.8. The van der Waals surface area contributed by atoms with E-state index in [0.717, 1.165) is 23.4 Å². The van der Waals surface area contributed by atoms with E-state index in [0.29, 0.717) is 30.9 Å². The standard InChI is InChI=1S/C31H26F3N3O6S/c1-31(11-13-42-27-16(6-9-23(38)39)4-3-5-20(27)31)22-15-36-30(37-22)19-14-17(7-8-21(19)32)43-28-25(34)24(33)26-18(10-12-35-26)29(28)44(2,40)41/h3-5,7-8,10,12,14-15,35H,6,9,11,13H2,1-2H3,(H,36,37)(H,38,39)/t31-/m0/s1. The van der Waals surface area contributed by atoms with Crippen LogP contribution >= 0.6 is 0 Å². The van der Waals surface area contributed by atoms with E-state index in [-0.39, 0.29) is 34.5 Å². The number of imidazole rings is 1. The third kappa shape index (κ3) is 4.96. The highest BCUT2D eigenvalue weighted by Crippen LogP contribution is 2.45. The van der Waals surface area contributed by atoms with Gasteiger partial charge in [-0.05, 0) is 49.6 Å². The van der Waals surface area contributed by atoms with E-state index >= 15 is 8.78 Å². The zero-order valence-corrected chi connectivity index (χ0v) is 24.3. The molecule has 0 aliphatic carbocycles. The number of hydrogen-bond acceptors (Lipinski definition) is 6. The first-order valence-corrected chi connectivity index (χ1v) is 15.5. The van der Waals surface area contributed by atoms with E-state index in [4.69, 9.17) is 14.6 Å². The molecule has 6 rings (SSSR count). The Kier molecular flexibility index (Phi) is 7.15. The molecule has 5 aromatic rings. The first kappa shape index (κ1) is 29.3. The predicted octanol–water partition coefficient (Wildman–Crippen LogP) is 6.28. The van der Waals surface area contributed by atoms with Crippen molar-refractivity contribution in [3.63, 3.8) is 0 Å². The monoisotopic (exact) mass is 625 g/mol. The number of hydrogen-bond donors (Lipinski definition) is 3. The number of ether oxygens (including phenoxy) is 2. The number of aliphatic carboxylic acids is 1. The third-order valence-corrected chi connectivity index (χ3v) is 9.03. The number of nitrogens with one attached hydrogen (secondary N) is 2. The van der Waals surface area contributed by atoms with Crippen LogP contribution in [0, 0.1) is 17.5 Å². The third-order valence-electron chi connectivity index (χ3n) is 7.88. The Hall–Kier alpha value is -4.78. The van der Waals surface area contributed by atoms with E-state index in [1.54, 1.807) is 6.20 Å². The molecule has 9 nitrogen and oxygen atoms in total. The van der Waals surface area contributed by atoms with Crippen LogP contribution in [0.3, 0.4) is 0 Å². The maximum atomic E-state index is 15.2. The molecule has 0 saturated heterocycles. The smallest absolute Gasteiger partial charge is 0.303 e. The number of aromatic amines is 2. The Bertz CT molecular complexity index is 2060. The largest absolute Gasteiger partial charge is 0.493 e. The van der Waals surface area contributed by atoms with Gasteiger partial charge in [0.25, 0.3) is 0 Å². The maximum absolute atomic E-state index is 15.2. The number of carboxylic acids is 1. The van der Waals surface area contributed by atoms with Gasteiger partial charge in [0.2, 0.25) is 5.82 Å². The van der Waals surface area contributed by atoms with Crippen molar-refractivity contribution >= 4 is 26.7 Å². The summed E-state index contributed by atoms with van der Waals surface area (Å²) in [5.74, 6) is -4.72. The molecule has 0 amide bonds. The van der Waals surface area contributed by atoms with Crippen LogP contribution in [0.25, 0.3) is 22.3 Å². The van der Waals surface area contributed by atoms with Crippen LogP contribution in [0.2, 0.25) is 0 Å². The van der Waals surface area contributed by atoms with Crippen molar-refractivity contribution in [2.24, 2.45) is 0 Å². The molecule has 0 radical (unpaired) electrons. The quantitative estimate of drug-likeness (QED) is 0.173. The molecular weight excluding hydrogens is 599 g/mol. The Balaban J connectivity index is 1.38. The van der Waals surface area contributed by atoms with Crippen LogP contribution in [-0.2, 0) is 26.5 Å². The predicted molar refractivity (Wildman–Crippen MR) is 154 cm³/mol. The van der Waals surface area contributed by atoms with E-state index in [1.165, 1.54) is 24.4 Å². The average molecular weight is 626 g/mol. The highest BCUT2D eigenvalue weighted by Gasteiger charge is 2.38. The molecule has 0 bridgehead atoms. The zero-order chi connectivity index (χ0) is 31.4. The number of para-hydroxylation sites is 1. The number of aryl methyl sites for hydroxylation is 1. The molecule has 1 aliphatic heterocycles. The molecule has 0 spiro atoms. The number of sulfone groups is 1. The molecule has 3 aromatic carbocycles. The minimum Gasteiger partial charge on any atom is -0.493 e. The van der Waals surface area contributed by atoms with Crippen LogP contribution in [-0.4, -0.2) is 47.3 Å². The number of benzene rings is 3. The number of carbonyl (C=O) groups is 1. The summed E-state index contributed by atoms with van der Waals surface area (Å²) in [6, 6.07) is 10.3. The molecule has 13 heteroatoms. The fraction of sp³-hybridized carbons (Fsp3) is 0.226. The molecule has 3 heterocycles. The zero-order valence-electron chi connectivity index (χ0n) is 23.5. The van der Waals surface area contributed by atoms with Gasteiger partial charge in [-0.1, -0.05) is 18.2 Å². The number of halogens is 3. The molecule has 2 aromatic heterocycles. The topological polar surface area (TPSA) is 134 Å². The summed E-state index contributed by atoms with van der Waals surface area (Å²) in [6.07, 6.45) is 4.55. The first-order valence-electron chi connectivity index (χ1n) is 13.6. The van der Waals surface area contributed by atoms with Gasteiger partial charge in [-0.25, -0.2) is 22.2 Å². The number of nitrogens with zero attached hydrogens (tertiary/aromatic N) is 1. The molecule has 0 unspecified atom stereocenters. The van der Waals surface area contributed by atoms with Gasteiger partial charge in [-0.3, -0.25) is 4.79 Å². The summed E-state index contributed by atoms with van der Waals surface area (Å²) in [5, 5.41) is 9.06. The molecule has 0 saturated carbocycles. The van der Waals surface area contributed by atoms with Crippen LogP contribution in [0.15, 0.2) is 59.8 Å². The molecule has 228 valence electrons. The number of carboxylic acid groups (broad SMARTS) is 1. The summed E-state index contributed by atoms with van der Waals surface area (Å²) in [5.41, 5.74) is 1.11. The van der Waals surface area contributed by atoms with Gasteiger partial charge < -0.3 is 24.5 Å². The summed E-state index contributed by atoms with van der Waals surface area (Å²) in [4.78, 5) is 20.8. The van der Waals surface area contributed by atoms with Crippen LogP contribution in [0.1, 0.15) is 36.6 Å². The minimum absolute atomic E-state index is 0.0515. The lowest BCUT2D eigenvalue weighted by atomic mass is 9.74. The number of rotatable bonds is 8. The van der Waals surface area contributed by atoms with Crippen LogP contribution in [0.5, 0.6) is 17.2 Å². The molecule has 1 aliphatic rings. The second-order valence-electron chi connectivity index (χ2n) is 10.8. The van der Waals surface area contributed by atoms with E-state index < -0.39 is 49.3 Å². The highest BCUT2D eigenvalue weighted by atomic mass is 32.2. The van der Waals surface area contributed by atoms with Gasteiger partial charge in [-0.2, -0.15) is 4.39 Å². The average Bonchev–Trinajstić information content (AvgIpc) is 3.66. The highest BCUT2D eigenvalue weighted by molar-refractivity contribution is 7.91. The van der Waals surface area contributed by atoms with E-state index in [2.05, 4.69) is 15.0 Å². The van der Waals surface area contributed by atoms with Crippen LogP contribution in [0.4, 0.5) is 13.2 Å². The molecule has 44 heavy (non-hydrogen) atoms. The van der Waals surface area contributed by atoms with Crippen molar-refractivity contribution < 1.29 is 41.0 Å². The van der Waals surface area contributed by atoms with Crippen molar-refractivity contribution in [1.29, 1.82) is 0 Å². The van der Waals surface area contributed by atoms with Gasteiger partial charge in [0.1, 0.15) is 28.0 Å². The first-order chi connectivity index (χ1) is 20.9.